The largest absolute Gasteiger partial charge is 0.338 e. The monoisotopic (exact) mass is 332 g/mol. The van der Waals surface area contributed by atoms with E-state index in [2.05, 4.69) is 9.88 Å². The molecule has 0 saturated carbocycles. The molecule has 3 rings (SSSR count). The van der Waals surface area contributed by atoms with Crippen LogP contribution in [0.25, 0.3) is 11.2 Å². The summed E-state index contributed by atoms with van der Waals surface area (Å²) in [5.41, 5.74) is 7.16. The van der Waals surface area contributed by atoms with Crippen LogP contribution in [0.15, 0.2) is 21.2 Å². The number of hydrogen-bond donors (Lipinski definition) is 1. The number of aromatic nitrogens is 4. The van der Waals surface area contributed by atoms with E-state index in [1.165, 1.54) is 11.6 Å². The molecule has 3 heterocycles. The molecule has 1 atom stereocenters. The van der Waals surface area contributed by atoms with Gasteiger partial charge in [0.15, 0.2) is 11.2 Å². The predicted molar refractivity (Wildman–Crippen MR) is 94.5 cm³/mol. The van der Waals surface area contributed by atoms with Crippen LogP contribution in [0, 0.1) is 0 Å². The van der Waals surface area contributed by atoms with Gasteiger partial charge in [-0.3, -0.25) is 13.9 Å². The molecule has 0 aromatic carbocycles. The molecule has 8 nitrogen and oxygen atoms in total. The Labute approximate surface area is 139 Å². The van der Waals surface area contributed by atoms with Gasteiger partial charge in [0, 0.05) is 39.8 Å². The molecule has 1 unspecified atom stereocenters. The van der Waals surface area contributed by atoms with E-state index in [0.717, 1.165) is 23.1 Å². The lowest BCUT2D eigenvalue weighted by molar-refractivity contribution is 0.441. The number of hydrogen-bond acceptors (Lipinski definition) is 5. The molecule has 0 aliphatic carbocycles. The third-order valence-corrected chi connectivity index (χ3v) is 4.68. The van der Waals surface area contributed by atoms with Gasteiger partial charge in [0.2, 0.25) is 5.95 Å². The van der Waals surface area contributed by atoms with E-state index >= 15 is 0 Å². The van der Waals surface area contributed by atoms with Crippen molar-refractivity contribution in [2.75, 3.05) is 18.0 Å². The fourth-order valence-corrected chi connectivity index (χ4v) is 3.05. The zero-order valence-corrected chi connectivity index (χ0v) is 14.6. The SMILES string of the molecule is CC(C)=CCn1c(N2CCC2CN)nc2c1c(=O)n(C)c(=O)n2C. The number of imidazole rings is 1. The zero-order valence-electron chi connectivity index (χ0n) is 14.6. The molecule has 2 N–H and O–H groups in total. The van der Waals surface area contributed by atoms with Gasteiger partial charge in [0.05, 0.1) is 0 Å². The van der Waals surface area contributed by atoms with E-state index in [0.29, 0.717) is 30.2 Å². The Hall–Kier alpha value is -2.35. The van der Waals surface area contributed by atoms with Crippen LogP contribution < -0.4 is 21.9 Å². The quantitative estimate of drug-likeness (QED) is 0.792. The van der Waals surface area contributed by atoms with Gasteiger partial charge in [-0.05, 0) is 20.3 Å². The second-order valence-electron chi connectivity index (χ2n) is 6.55. The molecule has 1 fully saturated rings. The number of nitrogens with zero attached hydrogens (tertiary/aromatic N) is 5. The van der Waals surface area contributed by atoms with Gasteiger partial charge in [0.25, 0.3) is 5.56 Å². The smallest absolute Gasteiger partial charge is 0.332 e. The van der Waals surface area contributed by atoms with Gasteiger partial charge in [-0.25, -0.2) is 4.79 Å². The van der Waals surface area contributed by atoms with Crippen LogP contribution in [-0.4, -0.2) is 37.8 Å². The lowest BCUT2D eigenvalue weighted by atomic mass is 10.0. The lowest BCUT2D eigenvalue weighted by Crippen LogP contribution is -2.53. The molecule has 0 bridgehead atoms. The van der Waals surface area contributed by atoms with Gasteiger partial charge < -0.3 is 15.2 Å². The summed E-state index contributed by atoms with van der Waals surface area (Å²) in [5.74, 6) is 0.711. The van der Waals surface area contributed by atoms with E-state index in [9.17, 15) is 9.59 Å². The van der Waals surface area contributed by atoms with E-state index in [4.69, 9.17) is 5.73 Å². The molecule has 1 aliphatic rings. The van der Waals surface area contributed by atoms with Crippen LogP contribution in [-0.2, 0) is 20.6 Å². The minimum absolute atomic E-state index is 0.230. The summed E-state index contributed by atoms with van der Waals surface area (Å²) in [6, 6.07) is 0.230. The summed E-state index contributed by atoms with van der Waals surface area (Å²) in [4.78, 5) is 31.6. The molecule has 2 aromatic rings. The van der Waals surface area contributed by atoms with E-state index in [-0.39, 0.29) is 17.3 Å². The van der Waals surface area contributed by atoms with Gasteiger partial charge in [-0.15, -0.1) is 0 Å². The summed E-state index contributed by atoms with van der Waals surface area (Å²) in [6.07, 6.45) is 3.06. The maximum absolute atomic E-state index is 12.7. The van der Waals surface area contributed by atoms with Crippen LogP contribution in [0.1, 0.15) is 20.3 Å². The number of rotatable bonds is 4. The molecule has 1 saturated heterocycles. The molecule has 0 radical (unpaired) electrons. The number of anilines is 1. The van der Waals surface area contributed by atoms with Crippen molar-refractivity contribution in [3.05, 3.63) is 32.5 Å². The molecule has 130 valence electrons. The normalized spacial score (nSPS) is 17.2. The molecule has 8 heteroatoms. The maximum Gasteiger partial charge on any atom is 0.332 e. The summed E-state index contributed by atoms with van der Waals surface area (Å²) in [5, 5.41) is 0. The van der Waals surface area contributed by atoms with Gasteiger partial charge in [-0.2, -0.15) is 4.98 Å². The number of nitrogens with two attached hydrogens (primary N) is 1. The van der Waals surface area contributed by atoms with Crippen LogP contribution >= 0.6 is 0 Å². The van der Waals surface area contributed by atoms with Crippen molar-refractivity contribution in [1.29, 1.82) is 0 Å². The minimum atomic E-state index is -0.370. The van der Waals surface area contributed by atoms with Crippen molar-refractivity contribution in [3.8, 4) is 0 Å². The van der Waals surface area contributed by atoms with Crippen molar-refractivity contribution in [3.63, 3.8) is 0 Å². The van der Waals surface area contributed by atoms with Crippen molar-refractivity contribution in [1.82, 2.24) is 18.7 Å². The molecular formula is C16H24N6O2. The first kappa shape index (κ1) is 16.5. The highest BCUT2D eigenvalue weighted by molar-refractivity contribution is 5.75. The van der Waals surface area contributed by atoms with Crippen LogP contribution in [0.5, 0.6) is 0 Å². The maximum atomic E-state index is 12.7. The van der Waals surface area contributed by atoms with Crippen molar-refractivity contribution < 1.29 is 0 Å². The van der Waals surface area contributed by atoms with E-state index < -0.39 is 0 Å². The summed E-state index contributed by atoms with van der Waals surface area (Å²) in [7, 11) is 3.14. The number of fused-ring (bicyclic) bond motifs is 1. The topological polar surface area (TPSA) is 91.1 Å². The van der Waals surface area contributed by atoms with Gasteiger partial charge in [-0.1, -0.05) is 11.6 Å². The average Bonchev–Trinajstić information content (AvgIpc) is 2.87. The lowest BCUT2D eigenvalue weighted by Gasteiger charge is -2.41. The minimum Gasteiger partial charge on any atom is -0.338 e. The molecule has 24 heavy (non-hydrogen) atoms. The first-order valence-corrected chi connectivity index (χ1v) is 8.13. The summed E-state index contributed by atoms with van der Waals surface area (Å²) in [6.45, 7) is 5.96. The Balaban J connectivity index is 2.31. The summed E-state index contributed by atoms with van der Waals surface area (Å²) < 4.78 is 4.45. The van der Waals surface area contributed by atoms with E-state index in [1.54, 1.807) is 7.05 Å². The van der Waals surface area contributed by atoms with Gasteiger partial charge in [0.1, 0.15) is 0 Å². The molecule has 1 aliphatic heterocycles. The second kappa shape index (κ2) is 5.94. The molecule has 2 aromatic heterocycles. The highest BCUT2D eigenvalue weighted by Crippen LogP contribution is 2.27. The average molecular weight is 332 g/mol. The van der Waals surface area contributed by atoms with E-state index in [1.807, 2.05) is 24.5 Å². The predicted octanol–water partition coefficient (Wildman–Crippen LogP) is -0.0627. The van der Waals surface area contributed by atoms with Crippen molar-refractivity contribution in [2.24, 2.45) is 19.8 Å². The van der Waals surface area contributed by atoms with Crippen LogP contribution in [0.3, 0.4) is 0 Å². The number of allylic oxidation sites excluding steroid dienone is 2. The fourth-order valence-electron chi connectivity index (χ4n) is 3.05. The van der Waals surface area contributed by atoms with Crippen LogP contribution in [0.2, 0.25) is 0 Å². The first-order valence-electron chi connectivity index (χ1n) is 8.13. The standard InChI is InChI=1S/C16H24N6O2/c1-10(2)5-7-22-12-13(19(3)16(24)20(4)14(12)23)18-15(22)21-8-6-11(21)9-17/h5,11H,6-9,17H2,1-4H3. The Morgan fingerprint density at radius 2 is 2.00 bits per heavy atom. The van der Waals surface area contributed by atoms with Crippen molar-refractivity contribution >= 4 is 17.1 Å². The highest BCUT2D eigenvalue weighted by Gasteiger charge is 2.32. The highest BCUT2D eigenvalue weighted by atomic mass is 16.2. The van der Waals surface area contributed by atoms with Crippen LogP contribution in [0.4, 0.5) is 5.95 Å². The van der Waals surface area contributed by atoms with Gasteiger partial charge >= 0.3 is 5.69 Å². The first-order chi connectivity index (χ1) is 11.4. The Morgan fingerprint density at radius 3 is 2.54 bits per heavy atom. The third kappa shape index (κ3) is 2.37. The molecule has 0 spiro atoms. The summed E-state index contributed by atoms with van der Waals surface area (Å²) >= 11 is 0. The second-order valence-corrected chi connectivity index (χ2v) is 6.55. The molecule has 0 amide bonds. The third-order valence-electron chi connectivity index (χ3n) is 4.68. The zero-order chi connectivity index (χ0) is 17.6. The Kier molecular flexibility index (Phi) is 4.08. The number of aryl methyl sites for hydroxylation is 1. The van der Waals surface area contributed by atoms with Crippen molar-refractivity contribution in [2.45, 2.75) is 32.9 Å². The Morgan fingerprint density at radius 1 is 1.29 bits per heavy atom. The Bertz CT molecular complexity index is 927. The molecular weight excluding hydrogens is 308 g/mol. The fraction of sp³-hybridized carbons (Fsp3) is 0.562.